The second-order valence-corrected chi connectivity index (χ2v) is 5.10. The van der Waals surface area contributed by atoms with Gasteiger partial charge < -0.3 is 9.62 Å². The van der Waals surface area contributed by atoms with Gasteiger partial charge in [-0.2, -0.15) is 0 Å². The summed E-state index contributed by atoms with van der Waals surface area (Å²) in [5.41, 5.74) is 0. The van der Waals surface area contributed by atoms with Crippen molar-refractivity contribution < 1.29 is 0 Å². The molecule has 0 radical (unpaired) electrons. The highest BCUT2D eigenvalue weighted by Gasteiger charge is 1.98. The highest BCUT2D eigenvalue weighted by Crippen LogP contribution is 1.98. The van der Waals surface area contributed by atoms with E-state index in [2.05, 4.69) is 69.5 Å². The fourth-order valence-electron chi connectivity index (χ4n) is 0.364. The molecule has 84 valence electrons. The standard InChI is InChI=1S/C4H8N2S5.C3H8/c7-3(8)5-1-2-6(11)4(9)10;1-3-2/h11H,1-2H2,(H,9,10)(H2,5,7,8);3H2,1-2H3. The molecular formula is C7H16N2S5. The summed E-state index contributed by atoms with van der Waals surface area (Å²) in [6, 6.07) is 0. The Morgan fingerprint density at radius 1 is 1.29 bits per heavy atom. The van der Waals surface area contributed by atoms with Crippen LogP contribution in [0.1, 0.15) is 20.3 Å². The average molecular weight is 289 g/mol. The lowest BCUT2D eigenvalue weighted by Crippen LogP contribution is -2.28. The van der Waals surface area contributed by atoms with E-state index in [1.54, 1.807) is 0 Å². The molecule has 0 aromatic rings. The first-order valence-corrected chi connectivity index (χ1v) is 6.22. The second-order valence-electron chi connectivity index (χ2n) is 2.34. The second kappa shape index (κ2) is 11.9. The summed E-state index contributed by atoms with van der Waals surface area (Å²) in [6.07, 6.45) is 1.25. The Labute approximate surface area is 114 Å². The predicted octanol–water partition coefficient (Wildman–Crippen LogP) is 2.57. The van der Waals surface area contributed by atoms with E-state index in [1.165, 1.54) is 10.7 Å². The first-order chi connectivity index (χ1) is 6.45. The molecule has 0 spiro atoms. The van der Waals surface area contributed by atoms with Crippen molar-refractivity contribution in [1.29, 1.82) is 0 Å². The third-order valence-electron chi connectivity index (χ3n) is 0.821. The summed E-state index contributed by atoms with van der Waals surface area (Å²) in [5.74, 6) is 0. The Balaban J connectivity index is 0. The zero-order valence-corrected chi connectivity index (χ0v) is 12.5. The van der Waals surface area contributed by atoms with E-state index in [-0.39, 0.29) is 0 Å². The highest BCUT2D eigenvalue weighted by atomic mass is 32.1. The summed E-state index contributed by atoms with van der Waals surface area (Å²) in [7, 11) is 0. The number of nitrogens with zero attached hydrogens (tertiary/aromatic N) is 1. The van der Waals surface area contributed by atoms with Gasteiger partial charge >= 0.3 is 0 Å². The zero-order chi connectivity index (χ0) is 11.6. The van der Waals surface area contributed by atoms with Crippen molar-refractivity contribution in [1.82, 2.24) is 9.62 Å². The van der Waals surface area contributed by atoms with Crippen LogP contribution in [0, 0.1) is 0 Å². The molecule has 0 aliphatic heterocycles. The van der Waals surface area contributed by atoms with Crippen LogP contribution in [0.4, 0.5) is 0 Å². The van der Waals surface area contributed by atoms with Gasteiger partial charge in [-0.3, -0.25) is 0 Å². The summed E-state index contributed by atoms with van der Waals surface area (Å²) < 4.78 is 2.45. The molecule has 1 N–H and O–H groups in total. The van der Waals surface area contributed by atoms with E-state index in [0.29, 0.717) is 21.7 Å². The van der Waals surface area contributed by atoms with Crippen LogP contribution < -0.4 is 5.32 Å². The Hall–Kier alpha value is 0.830. The maximum Gasteiger partial charge on any atom is 0.143 e. The lowest BCUT2D eigenvalue weighted by molar-refractivity contribution is 0.678. The third kappa shape index (κ3) is 15.3. The van der Waals surface area contributed by atoms with Gasteiger partial charge in [-0.15, -0.1) is 25.3 Å². The largest absolute Gasteiger partial charge is 0.369 e. The van der Waals surface area contributed by atoms with Crippen LogP contribution in [-0.2, 0) is 0 Å². The number of thiol groups is 3. The van der Waals surface area contributed by atoms with E-state index >= 15 is 0 Å². The number of hydrogen-bond donors (Lipinski definition) is 4. The molecule has 0 aliphatic rings. The SMILES string of the molecule is CCC.S=C(S)NCCN(S)C(=S)S. The van der Waals surface area contributed by atoms with Crippen LogP contribution >= 0.6 is 62.5 Å². The fourth-order valence-corrected chi connectivity index (χ4v) is 0.870. The number of rotatable bonds is 3. The number of hydrogen-bond acceptors (Lipinski definition) is 3. The van der Waals surface area contributed by atoms with E-state index in [0.717, 1.165) is 0 Å². The number of nitrogens with one attached hydrogen (secondary N) is 1. The van der Waals surface area contributed by atoms with Gasteiger partial charge in [-0.1, -0.05) is 57.5 Å². The Bertz CT molecular complexity index is 173. The Morgan fingerprint density at radius 2 is 1.71 bits per heavy atom. The van der Waals surface area contributed by atoms with Gasteiger partial charge in [-0.25, -0.2) is 0 Å². The van der Waals surface area contributed by atoms with Crippen LogP contribution in [0.25, 0.3) is 0 Å². The molecule has 2 nitrogen and oxygen atoms in total. The van der Waals surface area contributed by atoms with Crippen molar-refractivity contribution >= 4 is 71.1 Å². The van der Waals surface area contributed by atoms with Crippen molar-refractivity contribution in [3.8, 4) is 0 Å². The molecule has 14 heavy (non-hydrogen) atoms. The molecule has 0 atom stereocenters. The number of thiocarbonyl (C=S) groups is 2. The molecule has 0 unspecified atom stereocenters. The van der Waals surface area contributed by atoms with Crippen molar-refractivity contribution in [3.63, 3.8) is 0 Å². The van der Waals surface area contributed by atoms with Gasteiger partial charge in [0.2, 0.25) is 0 Å². The van der Waals surface area contributed by atoms with E-state index in [4.69, 9.17) is 12.2 Å². The quantitative estimate of drug-likeness (QED) is 0.471. The summed E-state index contributed by atoms with van der Waals surface area (Å²) in [5, 5.41) is 2.84. The van der Waals surface area contributed by atoms with Crippen LogP contribution in [0.2, 0.25) is 0 Å². The first kappa shape index (κ1) is 17.2. The van der Waals surface area contributed by atoms with Gasteiger partial charge in [0, 0.05) is 13.1 Å². The van der Waals surface area contributed by atoms with Crippen LogP contribution in [0.15, 0.2) is 0 Å². The molecule has 7 heteroatoms. The van der Waals surface area contributed by atoms with Gasteiger partial charge in [0.1, 0.15) is 8.64 Å². The minimum Gasteiger partial charge on any atom is -0.369 e. The molecule has 0 aromatic heterocycles. The third-order valence-corrected chi connectivity index (χ3v) is 2.28. The van der Waals surface area contributed by atoms with Crippen LogP contribution in [0.5, 0.6) is 0 Å². The summed E-state index contributed by atoms with van der Waals surface area (Å²) in [6.45, 7) is 5.55. The molecular weight excluding hydrogens is 272 g/mol. The van der Waals surface area contributed by atoms with Gasteiger partial charge in [0.15, 0.2) is 0 Å². The lowest BCUT2D eigenvalue weighted by Gasteiger charge is -2.14. The van der Waals surface area contributed by atoms with E-state index in [9.17, 15) is 0 Å². The normalized spacial score (nSPS) is 8.36. The van der Waals surface area contributed by atoms with Crippen molar-refractivity contribution in [2.45, 2.75) is 20.3 Å². The molecule has 0 aliphatic carbocycles. The Morgan fingerprint density at radius 3 is 2.00 bits per heavy atom. The zero-order valence-electron chi connectivity index (χ0n) is 8.23. The minimum atomic E-state index is 0.445. The maximum atomic E-state index is 4.73. The van der Waals surface area contributed by atoms with Crippen molar-refractivity contribution in [3.05, 3.63) is 0 Å². The van der Waals surface area contributed by atoms with Crippen molar-refractivity contribution in [2.24, 2.45) is 0 Å². The summed E-state index contributed by atoms with van der Waals surface area (Å²) >= 11 is 21.2. The topological polar surface area (TPSA) is 15.3 Å². The lowest BCUT2D eigenvalue weighted by atomic mass is 10.6. The molecule has 0 fully saturated rings. The monoisotopic (exact) mass is 288 g/mol. The van der Waals surface area contributed by atoms with Crippen LogP contribution in [0.3, 0.4) is 0 Å². The van der Waals surface area contributed by atoms with Gasteiger partial charge in [-0.05, 0) is 0 Å². The molecule has 0 bridgehead atoms. The minimum absolute atomic E-state index is 0.445. The van der Waals surface area contributed by atoms with Gasteiger partial charge in [0.25, 0.3) is 0 Å². The molecule has 0 amide bonds. The van der Waals surface area contributed by atoms with Crippen molar-refractivity contribution in [2.75, 3.05) is 13.1 Å². The van der Waals surface area contributed by atoms with Gasteiger partial charge in [0.05, 0.1) is 0 Å². The highest BCUT2D eigenvalue weighted by molar-refractivity contribution is 8.12. The first-order valence-electron chi connectivity index (χ1n) is 4.11. The van der Waals surface area contributed by atoms with Crippen LogP contribution in [-0.4, -0.2) is 26.0 Å². The smallest absolute Gasteiger partial charge is 0.143 e. The Kier molecular flexibility index (Phi) is 14.6. The predicted molar refractivity (Wildman–Crippen MR) is 82.8 cm³/mol. The molecule has 0 rings (SSSR count). The molecule has 0 aromatic carbocycles. The fraction of sp³-hybridized carbons (Fsp3) is 0.714. The van der Waals surface area contributed by atoms with E-state index in [1.807, 2.05) is 0 Å². The molecule has 0 saturated heterocycles. The molecule has 0 saturated carbocycles. The summed E-state index contributed by atoms with van der Waals surface area (Å²) in [4.78, 5) is 0. The maximum absolute atomic E-state index is 4.73. The van der Waals surface area contributed by atoms with E-state index < -0.39 is 0 Å². The average Bonchev–Trinajstić information content (AvgIpc) is 2.04. The molecule has 0 heterocycles.